The van der Waals surface area contributed by atoms with E-state index in [4.69, 9.17) is 0 Å². The Labute approximate surface area is 116 Å². The maximum Gasteiger partial charge on any atom is 0.0252 e. The lowest BCUT2D eigenvalue weighted by Gasteiger charge is -2.47. The normalized spacial score (nSPS) is 43.2. The Balaban J connectivity index is 1.69. The fraction of sp³-hybridized carbons (Fsp3) is 1.00. The zero-order valence-corrected chi connectivity index (χ0v) is 12.6. The smallest absolute Gasteiger partial charge is 0.0252 e. The van der Waals surface area contributed by atoms with Crippen molar-refractivity contribution in [3.05, 3.63) is 0 Å². The number of nitrogens with zero attached hydrogens (tertiary/aromatic N) is 1. The van der Waals surface area contributed by atoms with E-state index in [-0.39, 0.29) is 0 Å². The molecule has 3 fully saturated rings. The van der Waals surface area contributed by atoms with Gasteiger partial charge in [-0.1, -0.05) is 13.3 Å². The second kappa shape index (κ2) is 6.15. The highest BCUT2D eigenvalue weighted by Crippen LogP contribution is 2.34. The zero-order chi connectivity index (χ0) is 12.4. The summed E-state index contributed by atoms with van der Waals surface area (Å²) in [5.41, 5.74) is 0. The van der Waals surface area contributed by atoms with Gasteiger partial charge in [0.05, 0.1) is 0 Å². The molecular weight excluding hydrogens is 240 g/mol. The Morgan fingerprint density at radius 3 is 2.67 bits per heavy atom. The number of hydrogen-bond donors (Lipinski definition) is 1. The first kappa shape index (κ1) is 13.3. The largest absolute Gasteiger partial charge is 0.312 e. The number of rotatable bonds is 2. The van der Waals surface area contributed by atoms with Crippen LogP contribution in [0, 0.1) is 0 Å². The summed E-state index contributed by atoms with van der Waals surface area (Å²) in [6.45, 7) is 5.07. The molecule has 0 radical (unpaired) electrons. The third-order valence-electron chi connectivity index (χ3n) is 5.15. The average molecular weight is 268 g/mol. The van der Waals surface area contributed by atoms with Gasteiger partial charge in [0.15, 0.2) is 0 Å². The molecule has 104 valence electrons. The van der Waals surface area contributed by atoms with Gasteiger partial charge in [-0.15, -0.1) is 0 Å². The third-order valence-corrected chi connectivity index (χ3v) is 6.51. The zero-order valence-electron chi connectivity index (χ0n) is 11.7. The van der Waals surface area contributed by atoms with Crippen LogP contribution in [-0.4, -0.2) is 47.1 Å². The van der Waals surface area contributed by atoms with E-state index in [9.17, 15) is 0 Å². The third kappa shape index (κ3) is 2.73. The molecule has 3 rings (SSSR count). The van der Waals surface area contributed by atoms with Crippen molar-refractivity contribution in [3.63, 3.8) is 0 Å². The first-order chi connectivity index (χ1) is 8.86. The summed E-state index contributed by atoms with van der Waals surface area (Å²) in [6, 6.07) is 2.49. The SMILES string of the molecule is CC1SCCCC1N1CCCCC1C1CCCN1. The predicted octanol–water partition coefficient (Wildman–Crippen LogP) is 2.88. The van der Waals surface area contributed by atoms with Gasteiger partial charge in [0.25, 0.3) is 0 Å². The minimum absolute atomic E-state index is 0.796. The molecule has 2 nitrogen and oxygen atoms in total. The molecule has 0 aromatic heterocycles. The average Bonchev–Trinajstić information content (AvgIpc) is 2.93. The molecule has 3 aliphatic rings. The number of piperidine rings is 1. The van der Waals surface area contributed by atoms with Crippen LogP contribution in [0.4, 0.5) is 0 Å². The molecule has 3 aliphatic heterocycles. The maximum absolute atomic E-state index is 3.76. The number of likely N-dealkylation sites (tertiary alicyclic amines) is 1. The van der Waals surface area contributed by atoms with Crippen LogP contribution >= 0.6 is 11.8 Å². The fourth-order valence-corrected chi connectivity index (χ4v) is 5.43. The van der Waals surface area contributed by atoms with Gasteiger partial charge in [-0.05, 0) is 57.4 Å². The van der Waals surface area contributed by atoms with E-state index in [1.807, 2.05) is 0 Å². The van der Waals surface area contributed by atoms with Crippen molar-refractivity contribution in [2.75, 3.05) is 18.8 Å². The van der Waals surface area contributed by atoms with Gasteiger partial charge in [-0.25, -0.2) is 0 Å². The molecule has 0 spiro atoms. The van der Waals surface area contributed by atoms with Crippen molar-refractivity contribution in [1.29, 1.82) is 0 Å². The lowest BCUT2D eigenvalue weighted by molar-refractivity contribution is 0.0672. The monoisotopic (exact) mass is 268 g/mol. The van der Waals surface area contributed by atoms with Crippen molar-refractivity contribution < 1.29 is 0 Å². The van der Waals surface area contributed by atoms with Gasteiger partial charge < -0.3 is 5.32 Å². The highest BCUT2D eigenvalue weighted by molar-refractivity contribution is 7.99. The Bertz CT molecular complexity index is 265. The van der Waals surface area contributed by atoms with Crippen LogP contribution in [0.25, 0.3) is 0 Å². The maximum atomic E-state index is 3.76. The molecule has 0 aliphatic carbocycles. The van der Waals surface area contributed by atoms with Crippen molar-refractivity contribution >= 4 is 11.8 Å². The summed E-state index contributed by atoms with van der Waals surface area (Å²) in [4.78, 5) is 2.91. The van der Waals surface area contributed by atoms with E-state index < -0.39 is 0 Å². The summed E-state index contributed by atoms with van der Waals surface area (Å²) in [7, 11) is 0. The minimum atomic E-state index is 0.796. The van der Waals surface area contributed by atoms with Crippen LogP contribution in [0.5, 0.6) is 0 Å². The van der Waals surface area contributed by atoms with Crippen LogP contribution in [0.15, 0.2) is 0 Å². The topological polar surface area (TPSA) is 15.3 Å². The van der Waals surface area contributed by atoms with E-state index in [0.717, 1.165) is 23.4 Å². The van der Waals surface area contributed by atoms with Gasteiger partial charge in [-0.2, -0.15) is 11.8 Å². The molecule has 0 amide bonds. The van der Waals surface area contributed by atoms with Gasteiger partial charge in [0.2, 0.25) is 0 Å². The second-order valence-corrected chi connectivity index (χ2v) is 7.77. The van der Waals surface area contributed by atoms with Gasteiger partial charge >= 0.3 is 0 Å². The highest BCUT2D eigenvalue weighted by Gasteiger charge is 2.37. The quantitative estimate of drug-likeness (QED) is 0.829. The van der Waals surface area contributed by atoms with Crippen LogP contribution in [-0.2, 0) is 0 Å². The van der Waals surface area contributed by atoms with E-state index in [1.165, 1.54) is 63.8 Å². The Morgan fingerprint density at radius 1 is 1.00 bits per heavy atom. The standard InChI is InChI=1S/C15H28N2S/c1-12-14(8-5-11-18-12)17-10-3-2-7-15(17)13-6-4-9-16-13/h12-16H,2-11H2,1H3. The Kier molecular flexibility index (Phi) is 4.53. The fourth-order valence-electron chi connectivity index (χ4n) is 4.21. The Hall–Kier alpha value is 0.270. The van der Waals surface area contributed by atoms with Crippen LogP contribution in [0.2, 0.25) is 0 Å². The van der Waals surface area contributed by atoms with Crippen molar-refractivity contribution in [2.24, 2.45) is 0 Å². The molecule has 3 heteroatoms. The van der Waals surface area contributed by atoms with Gasteiger partial charge in [0.1, 0.15) is 0 Å². The summed E-state index contributed by atoms with van der Waals surface area (Å²) in [6.07, 6.45) is 9.99. The molecule has 1 N–H and O–H groups in total. The van der Waals surface area contributed by atoms with Crippen LogP contribution in [0.3, 0.4) is 0 Å². The lowest BCUT2D eigenvalue weighted by atomic mass is 9.91. The minimum Gasteiger partial charge on any atom is -0.312 e. The first-order valence-electron chi connectivity index (χ1n) is 7.97. The van der Waals surface area contributed by atoms with E-state index in [2.05, 4.69) is 28.9 Å². The number of hydrogen-bond acceptors (Lipinski definition) is 3. The van der Waals surface area contributed by atoms with Crippen molar-refractivity contribution in [1.82, 2.24) is 10.2 Å². The first-order valence-corrected chi connectivity index (χ1v) is 9.02. The summed E-state index contributed by atoms with van der Waals surface area (Å²) < 4.78 is 0. The van der Waals surface area contributed by atoms with Crippen molar-refractivity contribution in [2.45, 2.75) is 75.2 Å². The number of nitrogens with one attached hydrogen (secondary N) is 1. The van der Waals surface area contributed by atoms with Gasteiger partial charge in [0, 0.05) is 23.4 Å². The van der Waals surface area contributed by atoms with Crippen LogP contribution < -0.4 is 5.32 Å². The molecule has 0 saturated carbocycles. The molecule has 3 saturated heterocycles. The molecule has 0 aromatic carbocycles. The molecule has 4 atom stereocenters. The highest BCUT2D eigenvalue weighted by atomic mass is 32.2. The molecular formula is C15H28N2S. The second-order valence-electron chi connectivity index (χ2n) is 6.29. The molecule has 0 aromatic rings. The van der Waals surface area contributed by atoms with Crippen LogP contribution in [0.1, 0.15) is 51.9 Å². The van der Waals surface area contributed by atoms with E-state index in [1.54, 1.807) is 0 Å². The number of thioether (sulfide) groups is 1. The molecule has 18 heavy (non-hydrogen) atoms. The lowest BCUT2D eigenvalue weighted by Crippen LogP contribution is -2.56. The van der Waals surface area contributed by atoms with E-state index in [0.29, 0.717) is 0 Å². The Morgan fingerprint density at radius 2 is 1.89 bits per heavy atom. The van der Waals surface area contributed by atoms with Gasteiger partial charge in [-0.3, -0.25) is 4.90 Å². The summed E-state index contributed by atoms with van der Waals surface area (Å²) in [5.74, 6) is 1.39. The van der Waals surface area contributed by atoms with Crippen molar-refractivity contribution in [3.8, 4) is 0 Å². The van der Waals surface area contributed by atoms with E-state index >= 15 is 0 Å². The molecule has 4 unspecified atom stereocenters. The summed E-state index contributed by atoms with van der Waals surface area (Å²) >= 11 is 2.20. The molecule has 0 bridgehead atoms. The molecule has 3 heterocycles. The summed E-state index contributed by atoms with van der Waals surface area (Å²) in [5, 5.41) is 4.61. The predicted molar refractivity (Wildman–Crippen MR) is 80.3 cm³/mol.